The van der Waals surface area contributed by atoms with Crippen molar-refractivity contribution in [2.75, 3.05) is 19.8 Å². The molecule has 6 aliphatic heterocycles. The lowest BCUT2D eigenvalue weighted by Gasteiger charge is -2.50. The Bertz CT molecular complexity index is 4840. The molecule has 3 saturated heterocycles. The maximum absolute atomic E-state index is 15.5. The van der Waals surface area contributed by atoms with Crippen LogP contribution in [0.25, 0.3) is 0 Å². The summed E-state index contributed by atoms with van der Waals surface area (Å²) >= 11 is 0.971. The van der Waals surface area contributed by atoms with E-state index in [2.05, 4.69) is 0 Å². The Hall–Kier alpha value is -12.4. The van der Waals surface area contributed by atoms with Crippen LogP contribution in [0.3, 0.4) is 0 Å². The predicted molar refractivity (Wildman–Crippen MR) is 383 cm³/mol. The first kappa shape index (κ1) is 75.4. The van der Waals surface area contributed by atoms with Gasteiger partial charge in [-0.2, -0.15) is 0 Å². The third-order valence-corrected chi connectivity index (χ3v) is 20.3. The van der Waals surface area contributed by atoms with E-state index in [1.807, 2.05) is 0 Å². The monoisotopic (exact) mass is 1530 g/mol. The van der Waals surface area contributed by atoms with E-state index < -0.39 is 188 Å². The van der Waals surface area contributed by atoms with Crippen molar-refractivity contribution >= 4 is 89.0 Å². The summed E-state index contributed by atoms with van der Waals surface area (Å²) in [7, 11) is 0. The lowest BCUT2D eigenvalue weighted by atomic mass is 9.93. The van der Waals surface area contributed by atoms with E-state index >= 15 is 28.8 Å². The van der Waals surface area contributed by atoms with Gasteiger partial charge in [0.05, 0.1) is 68.8 Å². The quantitative estimate of drug-likeness (QED) is 0.0330. The average Bonchev–Trinajstić information content (AvgIpc) is 1.68. The molecule has 3 fully saturated rings. The molecule has 111 heavy (non-hydrogen) atoms. The Morgan fingerprint density at radius 3 is 0.901 bits per heavy atom. The van der Waals surface area contributed by atoms with Crippen LogP contribution in [0.5, 0.6) is 0 Å². The highest BCUT2D eigenvalue weighted by Crippen LogP contribution is 2.44. The minimum atomic E-state index is -2.23. The van der Waals surface area contributed by atoms with Crippen LogP contribution in [0, 0.1) is 0 Å². The van der Waals surface area contributed by atoms with Crippen molar-refractivity contribution in [1.82, 2.24) is 14.7 Å². The number of hydrogen-bond donors (Lipinski definition) is 0. The van der Waals surface area contributed by atoms with Gasteiger partial charge in [-0.3, -0.25) is 57.9 Å². The largest absolute Gasteiger partial charge is 0.463 e. The van der Waals surface area contributed by atoms with Crippen molar-refractivity contribution in [3.63, 3.8) is 0 Å². The SMILES string of the molecule is CC(=O)OC[C@H]1O[C@@H](OC[C@H]2O[C@@H](OC[C@H]3O[C@@H](Sc4ccccc4)[C@H](N4C(=O)c5ccccc5C4=O)[C@@H](OC(=O)c4ccccc4)[C@@H]3OC(=O)c3ccccc3)[C@H](N3C(=O)c4ccccc4C3=O)[C@@H](OC(=O)c3ccccc3)[C@@H]2OC(=O)c2ccccc2)[C@H](N2C(=O)c3ccccc3C2=O)[C@@H](OC(C)=O)[C@@H]1OC(C)=O. The summed E-state index contributed by atoms with van der Waals surface area (Å²) in [6.07, 6.45) is -21.6. The first-order chi connectivity index (χ1) is 53.7. The zero-order valence-corrected chi connectivity index (χ0v) is 59.9. The Morgan fingerprint density at radius 1 is 0.306 bits per heavy atom. The topological polar surface area (TPSA) is 342 Å². The van der Waals surface area contributed by atoms with Crippen molar-refractivity contribution < 1.29 is 119 Å². The molecular formula is C82H67N3O25S. The van der Waals surface area contributed by atoms with Crippen LogP contribution in [0.4, 0.5) is 0 Å². The Kier molecular flexibility index (Phi) is 22.3. The van der Waals surface area contributed by atoms with E-state index in [0.29, 0.717) is 14.7 Å². The number of imide groups is 3. The van der Waals surface area contributed by atoms with Gasteiger partial charge in [0.2, 0.25) is 0 Å². The third-order valence-electron chi connectivity index (χ3n) is 19.1. The van der Waals surface area contributed by atoms with Crippen molar-refractivity contribution in [3.8, 4) is 0 Å². The van der Waals surface area contributed by atoms with Crippen molar-refractivity contribution in [2.45, 2.75) is 117 Å². The minimum absolute atomic E-state index is 0.0174. The molecule has 0 saturated carbocycles. The van der Waals surface area contributed by atoms with E-state index in [4.69, 9.17) is 56.8 Å². The van der Waals surface area contributed by atoms with Gasteiger partial charge < -0.3 is 56.8 Å². The molecule has 15 atom stereocenters. The van der Waals surface area contributed by atoms with Gasteiger partial charge in [0.25, 0.3) is 35.4 Å². The van der Waals surface area contributed by atoms with Gasteiger partial charge in [0.15, 0.2) is 49.2 Å². The molecular weight excluding hydrogens is 1460 g/mol. The molecule has 0 N–H and O–H groups in total. The predicted octanol–water partition coefficient (Wildman–Crippen LogP) is 8.31. The molecule has 0 aliphatic carbocycles. The summed E-state index contributed by atoms with van der Waals surface area (Å²) < 4.78 is 77.8. The highest BCUT2D eigenvalue weighted by Gasteiger charge is 2.63. The van der Waals surface area contributed by atoms with E-state index in [1.54, 1.807) is 91.0 Å². The zero-order valence-electron chi connectivity index (χ0n) is 59.1. The number of ether oxygens (including phenoxy) is 12. The summed E-state index contributed by atoms with van der Waals surface area (Å²) in [5.74, 6) is -12.9. The molecule has 0 radical (unpaired) electrons. The highest BCUT2D eigenvalue weighted by atomic mass is 32.2. The Balaban J connectivity index is 0.935. The summed E-state index contributed by atoms with van der Waals surface area (Å²) in [5, 5.41) is 0. The fraction of sp³-hybridized carbons (Fsp3) is 0.256. The molecule has 14 rings (SSSR count). The standard InChI is InChI=1S/C82H67N3O25S/c1-44(86)99-41-58-64(102-45(2)87)67(103-46(3)88)61(83-70(89)52-35-19-20-36-53(52)71(83)90)80(104-58)100-42-59-65(107-76(95)47-25-9-4-10-26-47)68(109-78(97)49-29-13-6-14-30-49)62(84-72(91)54-37-21-22-38-55(54)73(84)92)81(105-59)101-43-60-66(108-77(96)48-27-11-5-12-28-48)69(110-79(98)50-31-15-7-16-32-50)63(82(106-60)111-51-33-17-8-18-34-51)85-74(93)56-39-23-24-40-57(56)75(85)94/h4-40,58-69,80-82H,41-43H2,1-3H3/t58-,59-,60-,61-,62-,63-,64-,65-,66-,67-,68-,69-,80-,81-,82+/m1/s1. The number of amides is 6. The van der Waals surface area contributed by atoms with Gasteiger partial charge in [0.1, 0.15) is 48.5 Å². The first-order valence-electron chi connectivity index (χ1n) is 35.1. The van der Waals surface area contributed by atoms with Crippen LogP contribution < -0.4 is 0 Å². The second-order valence-corrected chi connectivity index (χ2v) is 27.3. The molecule has 6 amide bonds. The second-order valence-electron chi connectivity index (χ2n) is 26.2. The zero-order chi connectivity index (χ0) is 77.7. The number of rotatable bonds is 23. The fourth-order valence-electron chi connectivity index (χ4n) is 14.2. The van der Waals surface area contributed by atoms with Crippen LogP contribution in [0.1, 0.15) is 124 Å². The molecule has 0 spiro atoms. The number of hydrogen-bond acceptors (Lipinski definition) is 26. The van der Waals surface area contributed by atoms with E-state index in [-0.39, 0.29) is 55.6 Å². The van der Waals surface area contributed by atoms with Gasteiger partial charge in [0, 0.05) is 25.7 Å². The van der Waals surface area contributed by atoms with E-state index in [9.17, 15) is 33.6 Å². The van der Waals surface area contributed by atoms with Crippen LogP contribution in [-0.4, -0.2) is 203 Å². The summed E-state index contributed by atoms with van der Waals surface area (Å²) in [6.45, 7) is 0.304. The van der Waals surface area contributed by atoms with Gasteiger partial charge in [-0.15, -0.1) is 0 Å². The highest BCUT2D eigenvalue weighted by molar-refractivity contribution is 7.99. The Labute approximate surface area is 636 Å². The van der Waals surface area contributed by atoms with Crippen LogP contribution in [-0.2, 0) is 71.2 Å². The number of nitrogens with zero attached hydrogens (tertiary/aromatic N) is 3. The molecule has 8 aromatic rings. The molecule has 8 aromatic carbocycles. The maximum Gasteiger partial charge on any atom is 0.338 e. The van der Waals surface area contributed by atoms with E-state index in [1.165, 1.54) is 133 Å². The third kappa shape index (κ3) is 15.5. The van der Waals surface area contributed by atoms with Crippen molar-refractivity contribution in [2.24, 2.45) is 0 Å². The minimum Gasteiger partial charge on any atom is -0.463 e. The lowest BCUT2D eigenvalue weighted by Crippen LogP contribution is -2.70. The van der Waals surface area contributed by atoms with Crippen molar-refractivity contribution in [3.05, 3.63) is 280 Å². The summed E-state index contributed by atoms with van der Waals surface area (Å²) in [4.78, 5) is 193. The van der Waals surface area contributed by atoms with Gasteiger partial charge in [-0.25, -0.2) is 19.2 Å². The number of esters is 7. The van der Waals surface area contributed by atoms with Crippen LogP contribution in [0.2, 0.25) is 0 Å². The van der Waals surface area contributed by atoms with Crippen LogP contribution in [0.15, 0.2) is 229 Å². The van der Waals surface area contributed by atoms with E-state index in [0.717, 1.165) is 37.4 Å². The Morgan fingerprint density at radius 2 is 0.568 bits per heavy atom. The average molecular weight is 1530 g/mol. The smallest absolute Gasteiger partial charge is 0.338 e. The molecule has 0 bridgehead atoms. The number of carbonyl (C=O) groups excluding carboxylic acids is 13. The summed E-state index contributed by atoms with van der Waals surface area (Å²) in [5.41, 5.74) is -2.40. The summed E-state index contributed by atoms with van der Waals surface area (Å²) in [6, 6.07) is 50.1. The molecule has 6 aliphatic rings. The second kappa shape index (κ2) is 32.8. The number of fused-ring (bicyclic) bond motifs is 3. The number of thioether (sulfide) groups is 1. The lowest BCUT2D eigenvalue weighted by molar-refractivity contribution is -0.316. The van der Waals surface area contributed by atoms with Gasteiger partial charge in [-0.05, 0) is 97.1 Å². The van der Waals surface area contributed by atoms with Gasteiger partial charge >= 0.3 is 41.8 Å². The van der Waals surface area contributed by atoms with Gasteiger partial charge in [-0.1, -0.05) is 139 Å². The number of carbonyl (C=O) groups is 13. The molecule has 566 valence electrons. The fourth-order valence-corrected chi connectivity index (χ4v) is 15.4. The van der Waals surface area contributed by atoms with Crippen LogP contribution >= 0.6 is 11.8 Å². The van der Waals surface area contributed by atoms with Crippen molar-refractivity contribution in [1.29, 1.82) is 0 Å². The first-order valence-corrected chi connectivity index (χ1v) is 35.9. The molecule has 29 heteroatoms. The number of benzene rings is 8. The molecule has 0 aromatic heterocycles. The normalized spacial score (nSPS) is 25.2. The maximum atomic E-state index is 15.5. The molecule has 28 nitrogen and oxygen atoms in total. The molecule has 0 unspecified atom stereocenters. The molecule has 6 heterocycles.